The van der Waals surface area contributed by atoms with Crippen molar-refractivity contribution in [3.05, 3.63) is 105 Å². The lowest BCUT2D eigenvalue weighted by atomic mass is 9.96. The molecule has 1 amide bonds. The number of carbonyl (C=O) groups excluding carboxylic acids is 1. The van der Waals surface area contributed by atoms with Gasteiger partial charge in [0.15, 0.2) is 11.3 Å². The Morgan fingerprint density at radius 1 is 0.889 bits per heavy atom. The Kier molecular flexibility index (Phi) is 6.48. The molecule has 0 aliphatic carbocycles. The zero-order chi connectivity index (χ0) is 25.2. The molecule has 7 nitrogen and oxygen atoms in total. The molecule has 2 N–H and O–H groups in total. The third-order valence-corrected chi connectivity index (χ3v) is 7.00. The van der Waals surface area contributed by atoms with Crippen LogP contribution in [-0.2, 0) is 11.2 Å². The van der Waals surface area contributed by atoms with Gasteiger partial charge in [-0.2, -0.15) is 0 Å². The molecule has 0 atom stereocenters. The van der Waals surface area contributed by atoms with Crippen molar-refractivity contribution in [2.24, 2.45) is 0 Å². The number of phenols is 2. The Morgan fingerprint density at radius 2 is 1.47 bits per heavy atom. The van der Waals surface area contributed by atoms with Crippen molar-refractivity contribution in [3.8, 4) is 11.5 Å². The largest absolute Gasteiger partial charge is 0.504 e. The molecular weight excluding hydrogens is 456 g/mol. The van der Waals surface area contributed by atoms with Crippen LogP contribution in [0.3, 0.4) is 0 Å². The van der Waals surface area contributed by atoms with E-state index < -0.39 is 11.4 Å². The SMILES string of the molecule is Cc1c(CC(=O)N2CCN(C(c3ccccc3)c3ccccc3)CC2)c(=O)oc2c(O)c(O)ccc12. The molecule has 184 valence electrons. The minimum absolute atomic E-state index is 0.0739. The highest BCUT2D eigenvalue weighted by atomic mass is 16.4. The summed E-state index contributed by atoms with van der Waals surface area (Å²) in [6, 6.07) is 23.7. The summed E-state index contributed by atoms with van der Waals surface area (Å²) in [6.07, 6.45) is -0.0768. The summed E-state index contributed by atoms with van der Waals surface area (Å²) in [6.45, 7) is 4.25. The number of amides is 1. The molecule has 1 aliphatic rings. The van der Waals surface area contributed by atoms with Gasteiger partial charge in [0.25, 0.3) is 0 Å². The molecule has 2 heterocycles. The Hall–Kier alpha value is -4.10. The van der Waals surface area contributed by atoms with Gasteiger partial charge in [-0.3, -0.25) is 9.69 Å². The highest BCUT2D eigenvalue weighted by molar-refractivity contribution is 5.89. The molecule has 1 fully saturated rings. The van der Waals surface area contributed by atoms with E-state index in [4.69, 9.17) is 4.42 Å². The predicted octanol–water partition coefficient (Wildman–Crippen LogP) is 3.99. The van der Waals surface area contributed by atoms with E-state index in [1.165, 1.54) is 17.2 Å². The van der Waals surface area contributed by atoms with Crippen LogP contribution < -0.4 is 5.63 Å². The monoisotopic (exact) mass is 484 g/mol. The quantitative estimate of drug-likeness (QED) is 0.329. The highest BCUT2D eigenvalue weighted by Gasteiger charge is 2.29. The third kappa shape index (κ3) is 4.45. The van der Waals surface area contributed by atoms with Crippen molar-refractivity contribution in [2.75, 3.05) is 26.2 Å². The minimum atomic E-state index is -0.680. The molecule has 0 bridgehead atoms. The van der Waals surface area contributed by atoms with Crippen LogP contribution in [0.25, 0.3) is 11.0 Å². The van der Waals surface area contributed by atoms with Gasteiger partial charge in [-0.25, -0.2) is 4.79 Å². The highest BCUT2D eigenvalue weighted by Crippen LogP contribution is 2.35. The van der Waals surface area contributed by atoms with Crippen LogP contribution in [-0.4, -0.2) is 52.1 Å². The number of fused-ring (bicyclic) bond motifs is 1. The molecule has 5 rings (SSSR count). The molecule has 0 unspecified atom stereocenters. The molecule has 0 spiro atoms. The van der Waals surface area contributed by atoms with Gasteiger partial charge in [0.1, 0.15) is 0 Å². The Balaban J connectivity index is 1.33. The first-order valence-electron chi connectivity index (χ1n) is 12.0. The first-order valence-corrected chi connectivity index (χ1v) is 12.0. The van der Waals surface area contributed by atoms with E-state index in [1.54, 1.807) is 17.9 Å². The molecule has 36 heavy (non-hydrogen) atoms. The normalized spacial score (nSPS) is 14.4. The average Bonchev–Trinajstić information content (AvgIpc) is 2.91. The number of rotatable bonds is 5. The number of hydrogen-bond acceptors (Lipinski definition) is 6. The van der Waals surface area contributed by atoms with Gasteiger partial charge in [-0.15, -0.1) is 0 Å². The summed E-state index contributed by atoms with van der Waals surface area (Å²) in [4.78, 5) is 30.0. The summed E-state index contributed by atoms with van der Waals surface area (Å²) < 4.78 is 5.28. The van der Waals surface area contributed by atoms with Gasteiger partial charge >= 0.3 is 5.63 Å². The van der Waals surface area contributed by atoms with E-state index in [0.29, 0.717) is 37.1 Å². The van der Waals surface area contributed by atoms with Crippen LogP contribution in [0.1, 0.15) is 28.3 Å². The predicted molar refractivity (Wildman–Crippen MR) is 137 cm³/mol. The van der Waals surface area contributed by atoms with Gasteiger partial charge in [0.2, 0.25) is 11.7 Å². The number of carbonyl (C=O) groups is 1. The molecule has 1 aromatic heterocycles. The van der Waals surface area contributed by atoms with Gasteiger partial charge in [0.05, 0.1) is 18.0 Å². The van der Waals surface area contributed by atoms with Crippen LogP contribution in [0.4, 0.5) is 0 Å². The summed E-state index contributed by atoms with van der Waals surface area (Å²) in [5.41, 5.74) is 2.50. The van der Waals surface area contributed by atoms with Crippen LogP contribution >= 0.6 is 0 Å². The van der Waals surface area contributed by atoms with E-state index in [0.717, 1.165) is 0 Å². The van der Waals surface area contributed by atoms with Crippen LogP contribution in [0, 0.1) is 6.92 Å². The second-order valence-corrected chi connectivity index (χ2v) is 9.12. The fourth-order valence-electron chi connectivity index (χ4n) is 5.01. The van der Waals surface area contributed by atoms with Crippen molar-refractivity contribution in [1.29, 1.82) is 0 Å². The van der Waals surface area contributed by atoms with E-state index >= 15 is 0 Å². The first-order chi connectivity index (χ1) is 17.4. The van der Waals surface area contributed by atoms with Crippen molar-refractivity contribution in [3.63, 3.8) is 0 Å². The molecule has 0 saturated carbocycles. The Labute approximate surface area is 208 Å². The summed E-state index contributed by atoms with van der Waals surface area (Å²) in [5, 5.41) is 20.3. The van der Waals surface area contributed by atoms with Gasteiger partial charge < -0.3 is 19.5 Å². The minimum Gasteiger partial charge on any atom is -0.504 e. The number of benzene rings is 3. The number of piperazine rings is 1. The van der Waals surface area contributed by atoms with Crippen molar-refractivity contribution >= 4 is 16.9 Å². The maximum atomic E-state index is 13.2. The Bertz CT molecular complexity index is 1400. The first kappa shape index (κ1) is 23.6. The zero-order valence-electron chi connectivity index (χ0n) is 20.1. The molecule has 4 aromatic rings. The lowest BCUT2D eigenvalue weighted by Crippen LogP contribution is -2.50. The summed E-state index contributed by atoms with van der Waals surface area (Å²) in [5.74, 6) is -0.979. The second-order valence-electron chi connectivity index (χ2n) is 9.12. The van der Waals surface area contributed by atoms with Crippen LogP contribution in [0.15, 0.2) is 82.0 Å². The van der Waals surface area contributed by atoms with E-state index in [1.807, 2.05) is 36.4 Å². The van der Waals surface area contributed by atoms with E-state index in [2.05, 4.69) is 29.2 Å². The smallest absolute Gasteiger partial charge is 0.340 e. The fourth-order valence-corrected chi connectivity index (χ4v) is 5.01. The van der Waals surface area contributed by atoms with E-state index in [9.17, 15) is 19.8 Å². The topological polar surface area (TPSA) is 94.2 Å². The Morgan fingerprint density at radius 3 is 2.06 bits per heavy atom. The van der Waals surface area contributed by atoms with E-state index in [-0.39, 0.29) is 35.3 Å². The van der Waals surface area contributed by atoms with Crippen LogP contribution in [0.2, 0.25) is 0 Å². The average molecular weight is 485 g/mol. The molecule has 1 aliphatic heterocycles. The molecule has 1 saturated heterocycles. The maximum Gasteiger partial charge on any atom is 0.340 e. The zero-order valence-corrected chi connectivity index (χ0v) is 20.1. The number of aryl methyl sites for hydroxylation is 1. The summed E-state index contributed by atoms with van der Waals surface area (Å²) >= 11 is 0. The van der Waals surface area contributed by atoms with Gasteiger partial charge in [0, 0.05) is 31.6 Å². The van der Waals surface area contributed by atoms with Gasteiger partial charge in [-0.1, -0.05) is 60.7 Å². The number of phenolic OH excluding ortho intramolecular Hbond substituents is 2. The lowest BCUT2D eigenvalue weighted by molar-refractivity contribution is -0.132. The molecule has 0 radical (unpaired) electrons. The second kappa shape index (κ2) is 9.87. The standard InChI is InChI=1S/C29H28N2O5/c1-19-22-12-13-24(32)27(34)28(22)36-29(35)23(19)18-25(33)30-14-16-31(17-15-30)26(20-8-4-2-5-9-20)21-10-6-3-7-11-21/h2-13,26,32,34H,14-18H2,1H3. The molecular formula is C29H28N2O5. The van der Waals surface area contributed by atoms with Crippen molar-refractivity contribution < 1.29 is 19.4 Å². The molecule has 3 aromatic carbocycles. The van der Waals surface area contributed by atoms with Crippen LogP contribution in [0.5, 0.6) is 11.5 Å². The molecule has 7 heteroatoms. The maximum absolute atomic E-state index is 13.2. The number of hydrogen-bond donors (Lipinski definition) is 2. The lowest BCUT2D eigenvalue weighted by Gasteiger charge is -2.40. The third-order valence-electron chi connectivity index (χ3n) is 7.00. The summed E-state index contributed by atoms with van der Waals surface area (Å²) in [7, 11) is 0. The van der Waals surface area contributed by atoms with Gasteiger partial charge in [-0.05, 0) is 35.7 Å². The number of aromatic hydroxyl groups is 2. The fraction of sp³-hybridized carbons (Fsp3) is 0.241. The van der Waals surface area contributed by atoms with Crippen molar-refractivity contribution in [1.82, 2.24) is 9.80 Å². The number of nitrogens with zero attached hydrogens (tertiary/aromatic N) is 2. The van der Waals surface area contributed by atoms with Crippen molar-refractivity contribution in [2.45, 2.75) is 19.4 Å².